The number of nitrogens with two attached hydrogens (primary N) is 1. The second kappa shape index (κ2) is 7.07. The molecule has 19 heavy (non-hydrogen) atoms. The predicted molar refractivity (Wildman–Crippen MR) is 81.8 cm³/mol. The molecule has 3 nitrogen and oxygen atoms in total. The van der Waals surface area contributed by atoms with Crippen LogP contribution >= 0.6 is 0 Å². The molecule has 0 aromatic rings. The van der Waals surface area contributed by atoms with E-state index in [0.717, 1.165) is 24.7 Å². The Bertz CT molecular complexity index is 354. The van der Waals surface area contributed by atoms with Crippen LogP contribution in [0.15, 0.2) is 0 Å². The van der Waals surface area contributed by atoms with Crippen molar-refractivity contribution >= 4 is 9.84 Å². The Balaban J connectivity index is 2.46. The van der Waals surface area contributed by atoms with Gasteiger partial charge in [-0.3, -0.25) is 0 Å². The maximum Gasteiger partial charge on any atom is 0.150 e. The first-order valence-corrected chi connectivity index (χ1v) is 9.57. The van der Waals surface area contributed by atoms with Gasteiger partial charge < -0.3 is 5.73 Å². The molecule has 1 saturated carbocycles. The minimum Gasteiger partial charge on any atom is -0.330 e. The largest absolute Gasteiger partial charge is 0.330 e. The van der Waals surface area contributed by atoms with Gasteiger partial charge in [-0.1, -0.05) is 20.8 Å². The molecule has 0 atom stereocenters. The van der Waals surface area contributed by atoms with Crippen molar-refractivity contribution < 1.29 is 8.42 Å². The summed E-state index contributed by atoms with van der Waals surface area (Å²) in [5, 5.41) is 0. The van der Waals surface area contributed by atoms with Crippen molar-refractivity contribution in [3.63, 3.8) is 0 Å². The van der Waals surface area contributed by atoms with Gasteiger partial charge in [0.2, 0.25) is 0 Å². The van der Waals surface area contributed by atoms with Crippen LogP contribution in [0.4, 0.5) is 0 Å². The summed E-state index contributed by atoms with van der Waals surface area (Å²) in [7, 11) is -2.82. The van der Waals surface area contributed by atoms with Crippen molar-refractivity contribution in [1.82, 2.24) is 0 Å². The van der Waals surface area contributed by atoms with Gasteiger partial charge in [-0.25, -0.2) is 8.42 Å². The van der Waals surface area contributed by atoms with Gasteiger partial charge in [0.25, 0.3) is 0 Å². The van der Waals surface area contributed by atoms with E-state index >= 15 is 0 Å². The minimum absolute atomic E-state index is 0.217. The molecule has 0 amide bonds. The monoisotopic (exact) mass is 289 g/mol. The topological polar surface area (TPSA) is 60.2 Å². The summed E-state index contributed by atoms with van der Waals surface area (Å²) in [5.41, 5.74) is 6.21. The first-order chi connectivity index (χ1) is 8.84. The summed E-state index contributed by atoms with van der Waals surface area (Å²) in [4.78, 5) is 0. The Morgan fingerprint density at radius 3 is 2.26 bits per heavy atom. The van der Waals surface area contributed by atoms with Crippen LogP contribution in [0, 0.1) is 17.3 Å². The Morgan fingerprint density at radius 2 is 1.84 bits per heavy atom. The standard InChI is InChI=1S/C15H31NO2S/c1-4-19(17,18)11-5-8-15(12-16)9-6-14(7-10-15)13(2)3/h13-14H,4-12,16H2,1-3H3. The van der Waals surface area contributed by atoms with Crippen molar-refractivity contribution in [3.05, 3.63) is 0 Å². The maximum atomic E-state index is 11.5. The van der Waals surface area contributed by atoms with Crippen LogP contribution in [0.3, 0.4) is 0 Å². The fourth-order valence-electron chi connectivity index (χ4n) is 3.29. The highest BCUT2D eigenvalue weighted by molar-refractivity contribution is 7.91. The minimum atomic E-state index is -2.82. The van der Waals surface area contributed by atoms with Crippen LogP contribution in [0.5, 0.6) is 0 Å². The van der Waals surface area contributed by atoms with Gasteiger partial charge in [0.05, 0.1) is 5.75 Å². The van der Waals surface area contributed by atoms with Crippen LogP contribution in [-0.4, -0.2) is 26.5 Å². The Morgan fingerprint density at radius 1 is 1.26 bits per heavy atom. The molecule has 0 spiro atoms. The lowest BCUT2D eigenvalue weighted by molar-refractivity contribution is 0.122. The van der Waals surface area contributed by atoms with E-state index in [1.165, 1.54) is 25.7 Å². The van der Waals surface area contributed by atoms with Crippen LogP contribution in [-0.2, 0) is 9.84 Å². The second-order valence-corrected chi connectivity index (χ2v) is 9.10. The van der Waals surface area contributed by atoms with Gasteiger partial charge in [-0.05, 0) is 62.3 Å². The SMILES string of the molecule is CCS(=O)(=O)CCCC1(CN)CCC(C(C)C)CC1. The maximum absolute atomic E-state index is 11.5. The first-order valence-electron chi connectivity index (χ1n) is 7.74. The smallest absolute Gasteiger partial charge is 0.150 e. The third-order valence-electron chi connectivity index (χ3n) is 5.07. The van der Waals surface area contributed by atoms with E-state index in [9.17, 15) is 8.42 Å². The van der Waals surface area contributed by atoms with Crippen LogP contribution in [0.1, 0.15) is 59.3 Å². The lowest BCUT2D eigenvalue weighted by Gasteiger charge is -2.41. The molecule has 2 N–H and O–H groups in total. The van der Waals surface area contributed by atoms with Gasteiger partial charge >= 0.3 is 0 Å². The lowest BCUT2D eigenvalue weighted by Crippen LogP contribution is -2.36. The molecule has 1 fully saturated rings. The van der Waals surface area contributed by atoms with E-state index < -0.39 is 9.84 Å². The Labute approximate surface area is 119 Å². The highest BCUT2D eigenvalue weighted by Gasteiger charge is 2.34. The molecule has 1 rings (SSSR count). The summed E-state index contributed by atoms with van der Waals surface area (Å²) < 4.78 is 23.1. The van der Waals surface area contributed by atoms with E-state index in [1.807, 2.05) is 0 Å². The van der Waals surface area contributed by atoms with Crippen molar-refractivity contribution in [2.45, 2.75) is 59.3 Å². The van der Waals surface area contributed by atoms with Crippen molar-refractivity contribution in [2.24, 2.45) is 23.0 Å². The lowest BCUT2D eigenvalue weighted by atomic mass is 9.66. The summed E-state index contributed by atoms with van der Waals surface area (Å²) in [6.45, 7) is 7.04. The van der Waals surface area contributed by atoms with Crippen LogP contribution in [0.25, 0.3) is 0 Å². The molecule has 0 aromatic carbocycles. The molecule has 0 aliphatic heterocycles. The first kappa shape index (κ1) is 17.0. The molecule has 0 radical (unpaired) electrons. The average molecular weight is 289 g/mol. The van der Waals surface area contributed by atoms with E-state index in [2.05, 4.69) is 13.8 Å². The van der Waals surface area contributed by atoms with Crippen molar-refractivity contribution in [3.8, 4) is 0 Å². The Kier molecular flexibility index (Phi) is 6.31. The molecular weight excluding hydrogens is 258 g/mol. The van der Waals surface area contributed by atoms with Crippen molar-refractivity contribution in [2.75, 3.05) is 18.1 Å². The highest BCUT2D eigenvalue weighted by Crippen LogP contribution is 2.43. The summed E-state index contributed by atoms with van der Waals surface area (Å²) in [6, 6.07) is 0. The molecule has 0 bridgehead atoms. The predicted octanol–water partition coefficient (Wildman–Crippen LogP) is 2.99. The van der Waals surface area contributed by atoms with E-state index in [1.54, 1.807) is 6.92 Å². The average Bonchev–Trinajstić information content (AvgIpc) is 2.39. The number of hydrogen-bond acceptors (Lipinski definition) is 3. The Hall–Kier alpha value is -0.0900. The molecule has 0 saturated heterocycles. The van der Waals surface area contributed by atoms with Crippen molar-refractivity contribution in [1.29, 1.82) is 0 Å². The molecule has 4 heteroatoms. The molecule has 1 aliphatic carbocycles. The second-order valence-electron chi connectivity index (χ2n) is 6.63. The molecular formula is C15H31NO2S. The number of rotatable bonds is 7. The normalized spacial score (nSPS) is 28.8. The third-order valence-corrected chi connectivity index (χ3v) is 6.86. The summed E-state index contributed by atoms with van der Waals surface area (Å²) >= 11 is 0. The van der Waals surface area contributed by atoms with Gasteiger partial charge in [-0.15, -0.1) is 0 Å². The number of sulfone groups is 1. The zero-order chi connectivity index (χ0) is 14.5. The quantitative estimate of drug-likeness (QED) is 0.783. The highest BCUT2D eigenvalue weighted by atomic mass is 32.2. The van der Waals surface area contributed by atoms with Gasteiger partial charge in [0, 0.05) is 5.75 Å². The molecule has 114 valence electrons. The summed E-state index contributed by atoms with van der Waals surface area (Å²) in [5.74, 6) is 2.19. The fraction of sp³-hybridized carbons (Fsp3) is 1.00. The van der Waals surface area contributed by atoms with Crippen LogP contribution in [0.2, 0.25) is 0 Å². The molecule has 1 aliphatic rings. The van der Waals surface area contributed by atoms with E-state index in [4.69, 9.17) is 5.73 Å². The molecule has 0 heterocycles. The van der Waals surface area contributed by atoms with E-state index in [0.29, 0.717) is 12.3 Å². The van der Waals surface area contributed by atoms with Gasteiger partial charge in [0.15, 0.2) is 0 Å². The summed E-state index contributed by atoms with van der Waals surface area (Å²) in [6.07, 6.45) is 6.63. The molecule has 0 aromatic heterocycles. The third kappa shape index (κ3) is 5.07. The van der Waals surface area contributed by atoms with Gasteiger partial charge in [0.1, 0.15) is 9.84 Å². The zero-order valence-corrected chi connectivity index (χ0v) is 13.6. The van der Waals surface area contributed by atoms with Gasteiger partial charge in [-0.2, -0.15) is 0 Å². The van der Waals surface area contributed by atoms with Crippen LogP contribution < -0.4 is 5.73 Å². The van der Waals surface area contributed by atoms with E-state index in [-0.39, 0.29) is 11.2 Å². The fourth-order valence-corrected chi connectivity index (χ4v) is 4.16. The zero-order valence-electron chi connectivity index (χ0n) is 12.8. The molecule has 0 unspecified atom stereocenters. The number of hydrogen-bond donors (Lipinski definition) is 1.